The smallest absolute Gasteiger partial charge is 0.329 e. The Morgan fingerprint density at radius 2 is 1.64 bits per heavy atom. The molecule has 1 aliphatic carbocycles. The van der Waals surface area contributed by atoms with Crippen molar-refractivity contribution in [1.82, 2.24) is 4.90 Å². The van der Waals surface area contributed by atoms with E-state index in [9.17, 15) is 34.5 Å². The summed E-state index contributed by atoms with van der Waals surface area (Å²) < 4.78 is 29.7. The van der Waals surface area contributed by atoms with E-state index in [0.717, 1.165) is 5.57 Å². The fourth-order valence-electron chi connectivity index (χ4n) is 9.60. The maximum Gasteiger partial charge on any atom is 0.329 e. The largest absolute Gasteiger partial charge is 0.456 e. The fourth-order valence-corrected chi connectivity index (χ4v) is 9.60. The van der Waals surface area contributed by atoms with Crippen molar-refractivity contribution in [3.05, 3.63) is 36.0 Å². The molecule has 4 aliphatic rings. The van der Waals surface area contributed by atoms with Gasteiger partial charge in [0.25, 0.3) is 11.7 Å². The van der Waals surface area contributed by atoms with Crippen molar-refractivity contribution >= 4 is 23.4 Å². The number of esters is 1. The zero-order valence-electron chi connectivity index (χ0n) is 36.1. The number of Topliss-reactive ketones (excluding diaryl/α,β-unsaturated/α-hetero) is 2. The van der Waals surface area contributed by atoms with Crippen LogP contribution in [0.15, 0.2) is 36.0 Å². The van der Waals surface area contributed by atoms with E-state index in [0.29, 0.717) is 56.9 Å². The Morgan fingerprint density at radius 1 is 0.931 bits per heavy atom. The first-order chi connectivity index (χ1) is 27.5. The van der Waals surface area contributed by atoms with Crippen molar-refractivity contribution in [3.63, 3.8) is 0 Å². The van der Waals surface area contributed by atoms with Crippen molar-refractivity contribution < 1.29 is 58.2 Å². The Balaban J connectivity index is 1.76. The van der Waals surface area contributed by atoms with Gasteiger partial charge in [0.2, 0.25) is 5.79 Å². The van der Waals surface area contributed by atoms with Crippen LogP contribution < -0.4 is 0 Å². The molecule has 13 heteroatoms. The lowest BCUT2D eigenvalue weighted by Gasteiger charge is -2.45. The van der Waals surface area contributed by atoms with Crippen molar-refractivity contribution in [3.8, 4) is 0 Å². The molecule has 4 rings (SSSR count). The van der Waals surface area contributed by atoms with Crippen LogP contribution >= 0.6 is 0 Å². The molecule has 0 radical (unpaired) electrons. The molecule has 328 valence electrons. The molecule has 0 aromatic rings. The van der Waals surface area contributed by atoms with Gasteiger partial charge in [0.1, 0.15) is 17.9 Å². The standard InChI is InChI=1S/C45H71NO12/c1-10-13-32-19-26(2)18-27(3)20-33(54-7)24-40-39(56-9)22-29(5)45(53,58-40)42(50)43(51)46-17-12-11-14-34(46)44(52)57-41(30(6)36(48)25-37(32)49)28(4)21-31-15-16-35(47)38(23-31)55-8/h10,19,21,27,29-36,38-41,47-48,53H,1,11-18,20,22-25H2,2-9H3/b26-19+,28-21+/t27-,29+,30+,31-,32+,33-,34-,35+,36-,38+,39-,40+,41+,45+/m0/s1. The number of nitrogens with zero attached hydrogens (tertiary/aromatic N) is 1. The average Bonchev–Trinajstić information content (AvgIpc) is 3.19. The molecule has 0 aromatic heterocycles. The molecule has 3 N–H and O–H groups in total. The number of cyclic esters (lactones) is 1. The SMILES string of the molecule is C=CC[C@@H]1/C=C(\C)C[C@H](C)C[C@H](OC)C[C@H]2O[C@@](O)(C(=O)C(=O)N3CCCC[C@H]3C(=O)O[C@H](/C(C)=C/[C@@H]3CC[C@@H](O)[C@H](OC)C3)[C@H](C)[C@@H](O)CC1=O)[C@H](C)C[C@@H]2OC. The molecule has 3 aliphatic heterocycles. The van der Waals surface area contributed by atoms with Crippen LogP contribution in [0.3, 0.4) is 0 Å². The highest BCUT2D eigenvalue weighted by Crippen LogP contribution is 2.39. The van der Waals surface area contributed by atoms with E-state index in [-0.39, 0.29) is 62.1 Å². The number of fused-ring (bicyclic) bond motifs is 3. The topological polar surface area (TPSA) is 178 Å². The molecule has 2 saturated heterocycles. The minimum Gasteiger partial charge on any atom is -0.456 e. The van der Waals surface area contributed by atoms with E-state index in [1.54, 1.807) is 41.3 Å². The Kier molecular flexibility index (Phi) is 17.9. The van der Waals surface area contributed by atoms with Gasteiger partial charge in [-0.15, -0.1) is 6.58 Å². The number of carbonyl (C=O) groups excluding carboxylic acids is 4. The molecule has 0 unspecified atom stereocenters. The molecular weight excluding hydrogens is 746 g/mol. The van der Waals surface area contributed by atoms with Crippen molar-refractivity contribution in [2.75, 3.05) is 27.9 Å². The molecule has 1 saturated carbocycles. The maximum absolute atomic E-state index is 14.3. The van der Waals surface area contributed by atoms with Gasteiger partial charge >= 0.3 is 5.97 Å². The second kappa shape index (κ2) is 21.7. The van der Waals surface area contributed by atoms with Crippen molar-refractivity contribution in [2.24, 2.45) is 29.6 Å². The van der Waals surface area contributed by atoms with Gasteiger partial charge in [0.15, 0.2) is 0 Å². The second-order valence-electron chi connectivity index (χ2n) is 17.7. The first-order valence-electron chi connectivity index (χ1n) is 21.4. The van der Waals surface area contributed by atoms with Gasteiger partial charge in [-0.3, -0.25) is 14.4 Å². The number of aliphatic hydroxyl groups is 3. The number of carbonyl (C=O) groups is 4. The van der Waals surface area contributed by atoms with Gasteiger partial charge in [-0.25, -0.2) is 4.79 Å². The summed E-state index contributed by atoms with van der Waals surface area (Å²) in [7, 11) is 4.70. The first-order valence-corrected chi connectivity index (χ1v) is 21.4. The molecule has 13 nitrogen and oxygen atoms in total. The lowest BCUT2D eigenvalue weighted by molar-refractivity contribution is -0.289. The van der Waals surface area contributed by atoms with Crippen LogP contribution in [0.5, 0.6) is 0 Å². The number of amides is 1. The van der Waals surface area contributed by atoms with Crippen molar-refractivity contribution in [1.29, 1.82) is 0 Å². The third-order valence-electron chi connectivity index (χ3n) is 13.1. The number of hydrogen-bond donors (Lipinski definition) is 3. The number of piperidine rings is 1. The number of allylic oxidation sites excluding steroid dienone is 4. The van der Waals surface area contributed by atoms with Gasteiger partial charge in [-0.2, -0.15) is 0 Å². The summed E-state index contributed by atoms with van der Waals surface area (Å²) >= 11 is 0. The maximum atomic E-state index is 14.3. The highest BCUT2D eigenvalue weighted by atomic mass is 16.7. The van der Waals surface area contributed by atoms with Gasteiger partial charge in [-0.05, 0) is 95.5 Å². The number of ether oxygens (including phenoxy) is 5. The van der Waals surface area contributed by atoms with Crippen LogP contribution in [-0.4, -0.2) is 126 Å². The van der Waals surface area contributed by atoms with E-state index < -0.39 is 77.8 Å². The average molecular weight is 818 g/mol. The van der Waals surface area contributed by atoms with E-state index in [1.165, 1.54) is 4.90 Å². The minimum atomic E-state index is -2.47. The number of methoxy groups -OCH3 is 3. The van der Waals surface area contributed by atoms with E-state index >= 15 is 0 Å². The number of rotatable bonds is 7. The van der Waals surface area contributed by atoms with Gasteiger partial charge in [0.05, 0.1) is 36.6 Å². The fraction of sp³-hybridized carbons (Fsp3) is 0.778. The lowest BCUT2D eigenvalue weighted by atomic mass is 9.81. The van der Waals surface area contributed by atoms with Gasteiger partial charge in [-0.1, -0.05) is 44.6 Å². The van der Waals surface area contributed by atoms with Crippen LogP contribution in [0.2, 0.25) is 0 Å². The molecule has 1 amide bonds. The molecular formula is C45H71NO12. The Hall–Kier alpha value is -2.78. The molecule has 0 spiro atoms. The first kappa shape index (κ1) is 47.9. The van der Waals surface area contributed by atoms with Gasteiger partial charge < -0.3 is 43.9 Å². The summed E-state index contributed by atoms with van der Waals surface area (Å²) in [4.78, 5) is 57.8. The second-order valence-corrected chi connectivity index (χ2v) is 17.7. The Labute approximate surface area is 345 Å². The summed E-state index contributed by atoms with van der Waals surface area (Å²) in [5.41, 5.74) is 1.65. The Bertz CT molecular complexity index is 1500. The number of aliphatic hydroxyl groups excluding tert-OH is 2. The van der Waals surface area contributed by atoms with Crippen LogP contribution in [0.25, 0.3) is 0 Å². The molecule has 58 heavy (non-hydrogen) atoms. The third-order valence-corrected chi connectivity index (χ3v) is 13.1. The summed E-state index contributed by atoms with van der Waals surface area (Å²) in [6.45, 7) is 13.2. The van der Waals surface area contributed by atoms with Crippen LogP contribution in [0, 0.1) is 29.6 Å². The zero-order valence-corrected chi connectivity index (χ0v) is 36.1. The summed E-state index contributed by atoms with van der Waals surface area (Å²) in [5.74, 6) is -7.53. The van der Waals surface area contributed by atoms with Crippen LogP contribution in [-0.2, 0) is 42.9 Å². The highest BCUT2D eigenvalue weighted by molar-refractivity contribution is 6.39. The van der Waals surface area contributed by atoms with Crippen LogP contribution in [0.1, 0.15) is 112 Å². The number of hydrogen-bond acceptors (Lipinski definition) is 12. The minimum absolute atomic E-state index is 0.0100. The predicted octanol–water partition coefficient (Wildman–Crippen LogP) is 5.03. The quantitative estimate of drug-likeness (QED) is 0.178. The van der Waals surface area contributed by atoms with Gasteiger partial charge in [0, 0.05) is 58.5 Å². The molecule has 3 fully saturated rings. The molecule has 3 heterocycles. The molecule has 0 aromatic carbocycles. The third kappa shape index (κ3) is 11.7. The van der Waals surface area contributed by atoms with Crippen LogP contribution in [0.4, 0.5) is 0 Å². The Morgan fingerprint density at radius 3 is 2.29 bits per heavy atom. The van der Waals surface area contributed by atoms with E-state index in [4.69, 9.17) is 23.7 Å². The van der Waals surface area contributed by atoms with E-state index in [2.05, 4.69) is 13.5 Å². The zero-order chi connectivity index (χ0) is 42.9. The summed E-state index contributed by atoms with van der Waals surface area (Å²) in [5, 5.41) is 34.1. The summed E-state index contributed by atoms with van der Waals surface area (Å²) in [6.07, 6.45) is 6.02. The lowest BCUT2D eigenvalue weighted by Crippen LogP contribution is -2.63. The van der Waals surface area contributed by atoms with Crippen molar-refractivity contribution in [2.45, 2.75) is 166 Å². The monoisotopic (exact) mass is 817 g/mol. The normalized spacial score (nSPS) is 40.7. The number of ketones is 2. The van der Waals surface area contributed by atoms with E-state index in [1.807, 2.05) is 26.0 Å². The molecule has 14 atom stereocenters. The molecule has 2 bridgehead atoms. The predicted molar refractivity (Wildman–Crippen MR) is 217 cm³/mol. The highest BCUT2D eigenvalue weighted by Gasteiger charge is 2.55. The summed E-state index contributed by atoms with van der Waals surface area (Å²) in [6, 6.07) is -1.14.